The molecule has 1 atom stereocenters. The molecular weight excluding hydrogens is 635 g/mol. The van der Waals surface area contributed by atoms with E-state index in [2.05, 4.69) is 30.6 Å². The summed E-state index contributed by atoms with van der Waals surface area (Å²) < 4.78 is 31.6. The average Bonchev–Trinajstić information content (AvgIpc) is 3.37. The van der Waals surface area contributed by atoms with Gasteiger partial charge in [0.05, 0.1) is 18.4 Å². The highest BCUT2D eigenvalue weighted by molar-refractivity contribution is 9.10. The number of aromatic nitrogens is 4. The maximum absolute atomic E-state index is 14.0. The van der Waals surface area contributed by atoms with Gasteiger partial charge in [0.15, 0.2) is 5.03 Å². The summed E-state index contributed by atoms with van der Waals surface area (Å²) in [4.78, 5) is 47.2. The predicted octanol–water partition coefficient (Wildman–Crippen LogP) is 3.44. The summed E-state index contributed by atoms with van der Waals surface area (Å²) in [6.07, 6.45) is 1.28. The molecule has 1 amide bonds. The van der Waals surface area contributed by atoms with Crippen molar-refractivity contribution in [2.75, 3.05) is 4.90 Å². The van der Waals surface area contributed by atoms with E-state index in [1.807, 2.05) is 29.2 Å². The third-order valence-corrected chi connectivity index (χ3v) is 8.51. The van der Waals surface area contributed by atoms with Crippen molar-refractivity contribution >= 4 is 66.7 Å². The van der Waals surface area contributed by atoms with Gasteiger partial charge in [0, 0.05) is 32.7 Å². The Labute approximate surface area is 240 Å². The van der Waals surface area contributed by atoms with Gasteiger partial charge in [0.25, 0.3) is 21.5 Å². The van der Waals surface area contributed by atoms with Gasteiger partial charge in [-0.05, 0) is 42.8 Å². The zero-order valence-corrected chi connectivity index (χ0v) is 23.9. The number of nitrogens with zero attached hydrogens (tertiary/aromatic N) is 3. The van der Waals surface area contributed by atoms with Crippen LogP contribution in [0, 0.1) is 0 Å². The summed E-state index contributed by atoms with van der Waals surface area (Å²) >= 11 is 15.8. The first-order chi connectivity index (χ1) is 18.4. The fourth-order valence-electron chi connectivity index (χ4n) is 4.48. The quantitative estimate of drug-likeness (QED) is 0.278. The molecule has 3 N–H and O–H groups in total. The molecule has 3 heterocycles. The Morgan fingerprint density at radius 1 is 1.03 bits per heavy atom. The third kappa shape index (κ3) is 5.20. The SMILES string of the molecule is CC1(Cc2ccc(Br)cc2)C(=O)N(c2cc(Cl)cc(Cl)c2)c2ncc(S(=O)(=O)NCc3cc(=O)[nH]c(=O)[nH]3)n21. The van der Waals surface area contributed by atoms with E-state index in [1.54, 1.807) is 6.92 Å². The zero-order valence-electron chi connectivity index (χ0n) is 20.0. The Hall–Kier alpha value is -3.23. The molecule has 0 spiro atoms. The van der Waals surface area contributed by atoms with Crippen LogP contribution in [0.1, 0.15) is 18.2 Å². The van der Waals surface area contributed by atoms with Crippen LogP contribution in [0.2, 0.25) is 10.0 Å². The number of carbonyl (C=O) groups is 1. The summed E-state index contributed by atoms with van der Waals surface area (Å²) in [7, 11) is -4.30. The zero-order chi connectivity index (χ0) is 28.1. The second kappa shape index (κ2) is 10.1. The molecule has 2 aromatic heterocycles. The number of halogens is 3. The third-order valence-electron chi connectivity index (χ3n) is 6.18. The van der Waals surface area contributed by atoms with Crippen LogP contribution >= 0.6 is 39.1 Å². The number of fused-ring (bicyclic) bond motifs is 1. The van der Waals surface area contributed by atoms with Crippen molar-refractivity contribution < 1.29 is 13.2 Å². The molecule has 11 nitrogen and oxygen atoms in total. The number of rotatable bonds is 7. The van der Waals surface area contributed by atoms with Crippen molar-refractivity contribution in [2.45, 2.75) is 30.5 Å². The molecule has 202 valence electrons. The van der Waals surface area contributed by atoms with Crippen LogP contribution in [0.25, 0.3) is 0 Å². The molecule has 0 aliphatic carbocycles. The van der Waals surface area contributed by atoms with Gasteiger partial charge < -0.3 is 4.98 Å². The van der Waals surface area contributed by atoms with Gasteiger partial charge in [-0.3, -0.25) is 19.1 Å². The Morgan fingerprint density at radius 3 is 2.33 bits per heavy atom. The Morgan fingerprint density at radius 2 is 1.69 bits per heavy atom. The lowest BCUT2D eigenvalue weighted by Crippen LogP contribution is -2.42. The van der Waals surface area contributed by atoms with E-state index in [-0.39, 0.29) is 39.7 Å². The molecule has 39 heavy (non-hydrogen) atoms. The topological polar surface area (TPSA) is 150 Å². The van der Waals surface area contributed by atoms with Crippen LogP contribution in [0.5, 0.6) is 0 Å². The Kier molecular flexibility index (Phi) is 7.06. The lowest BCUT2D eigenvalue weighted by molar-refractivity contribution is -0.124. The highest BCUT2D eigenvalue weighted by atomic mass is 79.9. The van der Waals surface area contributed by atoms with E-state index in [1.165, 1.54) is 27.7 Å². The number of hydrogen-bond donors (Lipinski definition) is 3. The Bertz CT molecular complexity index is 1790. The smallest absolute Gasteiger partial charge is 0.310 e. The first kappa shape index (κ1) is 27.3. The van der Waals surface area contributed by atoms with E-state index < -0.39 is 32.7 Å². The number of benzene rings is 2. The van der Waals surface area contributed by atoms with E-state index in [0.29, 0.717) is 5.69 Å². The minimum Gasteiger partial charge on any atom is -0.310 e. The standard InChI is InChI=1S/C24H19BrCl2N6O5S/c1-24(10-13-2-4-14(25)5-3-13)21(35)32(18-7-15(26)6-16(27)8-18)23-28-12-20(33(23)24)39(37,38)29-11-17-9-19(34)31-22(36)30-17/h2-9,12,29H,10-11H2,1H3,(H2,30,31,34,36). The first-order valence-corrected chi connectivity index (χ1v) is 14.4. The molecule has 0 radical (unpaired) electrons. The van der Waals surface area contributed by atoms with Crippen molar-refractivity contribution in [3.8, 4) is 0 Å². The van der Waals surface area contributed by atoms with E-state index in [9.17, 15) is 22.8 Å². The van der Waals surface area contributed by atoms with E-state index in [4.69, 9.17) is 23.2 Å². The number of carbonyl (C=O) groups excluding carboxylic acids is 1. The van der Waals surface area contributed by atoms with Gasteiger partial charge in [0.1, 0.15) is 5.54 Å². The molecule has 2 aromatic carbocycles. The van der Waals surface area contributed by atoms with Gasteiger partial charge in [0.2, 0.25) is 5.95 Å². The highest BCUT2D eigenvalue weighted by Gasteiger charge is 2.51. The van der Waals surface area contributed by atoms with Gasteiger partial charge in [-0.1, -0.05) is 51.3 Å². The van der Waals surface area contributed by atoms with Gasteiger partial charge in [-0.2, -0.15) is 0 Å². The number of amides is 1. The van der Waals surface area contributed by atoms with Crippen LogP contribution < -0.4 is 20.9 Å². The number of aromatic amines is 2. The lowest BCUT2D eigenvalue weighted by atomic mass is 9.92. The number of anilines is 2. The Balaban J connectivity index is 1.61. The largest absolute Gasteiger partial charge is 0.325 e. The predicted molar refractivity (Wildman–Crippen MR) is 149 cm³/mol. The number of imidazole rings is 1. The highest BCUT2D eigenvalue weighted by Crippen LogP contribution is 2.44. The van der Waals surface area contributed by atoms with Crippen LogP contribution in [-0.2, 0) is 33.3 Å². The molecule has 1 unspecified atom stereocenters. The van der Waals surface area contributed by atoms with Crippen molar-refractivity contribution in [3.05, 3.63) is 101 Å². The second-order valence-electron chi connectivity index (χ2n) is 9.01. The molecule has 0 fully saturated rings. The minimum absolute atomic E-state index is 0.0531. The maximum atomic E-state index is 14.0. The molecule has 5 rings (SSSR count). The maximum Gasteiger partial charge on any atom is 0.325 e. The van der Waals surface area contributed by atoms with Gasteiger partial charge in [-0.25, -0.2) is 27.8 Å². The van der Waals surface area contributed by atoms with Crippen LogP contribution in [-0.4, -0.2) is 33.8 Å². The fourth-order valence-corrected chi connectivity index (χ4v) is 6.47. The number of sulfonamides is 1. The van der Waals surface area contributed by atoms with Crippen molar-refractivity contribution in [2.24, 2.45) is 0 Å². The van der Waals surface area contributed by atoms with Crippen LogP contribution in [0.3, 0.4) is 0 Å². The summed E-state index contributed by atoms with van der Waals surface area (Å²) in [6, 6.07) is 12.9. The summed E-state index contributed by atoms with van der Waals surface area (Å²) in [6.45, 7) is 1.24. The van der Waals surface area contributed by atoms with Gasteiger partial charge in [-0.15, -0.1) is 0 Å². The van der Waals surface area contributed by atoms with E-state index >= 15 is 0 Å². The fraction of sp³-hybridized carbons (Fsp3) is 0.167. The molecule has 0 bridgehead atoms. The average molecular weight is 654 g/mol. The number of H-pyrrole nitrogens is 2. The molecule has 1 aliphatic heterocycles. The lowest BCUT2D eigenvalue weighted by Gasteiger charge is -2.26. The normalized spacial score (nSPS) is 17.0. The summed E-state index contributed by atoms with van der Waals surface area (Å²) in [5, 5.41) is 0.283. The van der Waals surface area contributed by atoms with Crippen molar-refractivity contribution in [1.82, 2.24) is 24.2 Å². The molecular formula is C24H19BrCl2N6O5S. The molecule has 4 aromatic rings. The summed E-state index contributed by atoms with van der Waals surface area (Å²) in [5.41, 5.74) is -1.72. The number of nitrogens with one attached hydrogen (secondary N) is 3. The summed E-state index contributed by atoms with van der Waals surface area (Å²) in [5.74, 6) is -0.384. The van der Waals surface area contributed by atoms with Crippen molar-refractivity contribution in [3.63, 3.8) is 0 Å². The molecule has 1 aliphatic rings. The number of hydrogen-bond acceptors (Lipinski definition) is 6. The van der Waals surface area contributed by atoms with Crippen LogP contribution in [0.4, 0.5) is 11.6 Å². The van der Waals surface area contributed by atoms with E-state index in [0.717, 1.165) is 22.3 Å². The first-order valence-electron chi connectivity index (χ1n) is 11.3. The molecule has 0 saturated carbocycles. The van der Waals surface area contributed by atoms with Gasteiger partial charge >= 0.3 is 5.69 Å². The van der Waals surface area contributed by atoms with Crippen molar-refractivity contribution in [1.29, 1.82) is 0 Å². The minimum atomic E-state index is -4.30. The molecule has 0 saturated heterocycles. The molecule has 15 heteroatoms. The monoisotopic (exact) mass is 652 g/mol. The van der Waals surface area contributed by atoms with Crippen LogP contribution in [0.15, 0.2) is 73.8 Å². The second-order valence-corrected chi connectivity index (χ2v) is 12.5.